The first-order valence-corrected chi connectivity index (χ1v) is 15.6. The minimum absolute atomic E-state index is 0.824. The highest BCUT2D eigenvalue weighted by molar-refractivity contribution is 6.15. The number of fused-ring (bicyclic) bond motifs is 8. The Morgan fingerprint density at radius 2 is 0.935 bits per heavy atom. The molecule has 10 aromatic rings. The summed E-state index contributed by atoms with van der Waals surface area (Å²) >= 11 is 0. The molecule has 10 rings (SSSR count). The van der Waals surface area contributed by atoms with Gasteiger partial charge in [-0.2, -0.15) is 0 Å². The lowest BCUT2D eigenvalue weighted by Gasteiger charge is -2.14. The van der Waals surface area contributed by atoms with Crippen molar-refractivity contribution in [3.05, 3.63) is 158 Å². The summed E-state index contributed by atoms with van der Waals surface area (Å²) in [4.78, 5) is 10.5. The van der Waals surface area contributed by atoms with Gasteiger partial charge in [0.15, 0.2) is 5.82 Å². The van der Waals surface area contributed by atoms with Crippen LogP contribution in [0.4, 0.5) is 0 Å². The molecule has 4 nitrogen and oxygen atoms in total. The van der Waals surface area contributed by atoms with Crippen molar-refractivity contribution in [3.8, 4) is 22.8 Å². The molecule has 46 heavy (non-hydrogen) atoms. The molecule has 0 unspecified atom stereocenters. The van der Waals surface area contributed by atoms with Crippen LogP contribution in [0.15, 0.2) is 158 Å². The average molecular weight is 587 g/mol. The Bertz CT molecular complexity index is 2750. The minimum atomic E-state index is 0.824. The van der Waals surface area contributed by atoms with Gasteiger partial charge in [0.25, 0.3) is 0 Å². The summed E-state index contributed by atoms with van der Waals surface area (Å²) in [5.41, 5.74) is 9.37. The summed E-state index contributed by atoms with van der Waals surface area (Å²) in [6.45, 7) is 0. The molecule has 0 N–H and O–H groups in total. The lowest BCUT2D eigenvalue weighted by molar-refractivity contribution is 1.08. The van der Waals surface area contributed by atoms with E-state index in [9.17, 15) is 0 Å². The predicted octanol–water partition coefficient (Wildman–Crippen LogP) is 10.6. The van der Waals surface area contributed by atoms with Crippen LogP contribution in [0, 0.1) is 0 Å². The monoisotopic (exact) mass is 586 g/mol. The molecule has 3 heterocycles. The van der Waals surface area contributed by atoms with Crippen LogP contribution >= 0.6 is 0 Å². The maximum absolute atomic E-state index is 5.32. The van der Waals surface area contributed by atoms with Gasteiger partial charge in [0.2, 0.25) is 0 Å². The molecule has 0 amide bonds. The molecule has 0 fully saturated rings. The van der Waals surface area contributed by atoms with Gasteiger partial charge in [0, 0.05) is 32.8 Å². The van der Waals surface area contributed by atoms with E-state index in [2.05, 4.69) is 137 Å². The van der Waals surface area contributed by atoms with E-state index in [1.165, 1.54) is 43.4 Å². The van der Waals surface area contributed by atoms with Crippen molar-refractivity contribution >= 4 is 65.4 Å². The van der Waals surface area contributed by atoms with Crippen LogP contribution in [0.1, 0.15) is 0 Å². The highest BCUT2D eigenvalue weighted by atomic mass is 15.1. The van der Waals surface area contributed by atoms with Gasteiger partial charge in [-0.3, -0.25) is 4.57 Å². The number of nitrogens with zero attached hydrogens (tertiary/aromatic N) is 4. The molecule has 0 saturated heterocycles. The fraction of sp³-hybridized carbons (Fsp3) is 0. The standard InChI is InChI=1S/C42H26N4/c1-2-12-27(13-3-1)41-42(44-36-19-9-8-18-35(36)43-41)46-39-23-22-30(26-34(39)33-24-28-14-4-5-15-29(28)25-40(33)46)45-37-20-10-6-16-31(37)32-17-7-11-21-38(32)45/h1-26H. The Kier molecular flexibility index (Phi) is 5.25. The van der Waals surface area contributed by atoms with E-state index >= 15 is 0 Å². The van der Waals surface area contributed by atoms with Gasteiger partial charge >= 0.3 is 0 Å². The predicted molar refractivity (Wildman–Crippen MR) is 191 cm³/mol. The molecule has 214 valence electrons. The van der Waals surface area contributed by atoms with Gasteiger partial charge in [0.05, 0.1) is 33.1 Å². The lowest BCUT2D eigenvalue weighted by atomic mass is 10.1. The van der Waals surface area contributed by atoms with Crippen LogP contribution in [0.25, 0.3) is 88.2 Å². The SMILES string of the molecule is c1ccc(-c2nc3ccccc3nc2-n2c3ccc(-n4c5ccccc5c5ccccc54)cc3c3cc4ccccc4cc32)cc1. The van der Waals surface area contributed by atoms with Crippen molar-refractivity contribution in [2.45, 2.75) is 0 Å². The molecular formula is C42H26N4. The van der Waals surface area contributed by atoms with Crippen molar-refractivity contribution < 1.29 is 0 Å². The van der Waals surface area contributed by atoms with Crippen molar-refractivity contribution in [1.82, 2.24) is 19.1 Å². The number of rotatable bonds is 3. The molecule has 0 spiro atoms. The minimum Gasteiger partial charge on any atom is -0.309 e. The normalized spacial score (nSPS) is 11.9. The van der Waals surface area contributed by atoms with Crippen LogP contribution in [0.2, 0.25) is 0 Å². The molecule has 7 aromatic carbocycles. The molecule has 3 aromatic heterocycles. The molecule has 4 heteroatoms. The second-order valence-electron chi connectivity index (χ2n) is 11.9. The van der Waals surface area contributed by atoms with E-state index in [4.69, 9.17) is 9.97 Å². The van der Waals surface area contributed by atoms with Gasteiger partial charge < -0.3 is 4.57 Å². The zero-order chi connectivity index (χ0) is 30.2. The third-order valence-corrected chi connectivity index (χ3v) is 9.27. The quantitative estimate of drug-likeness (QED) is 0.206. The first-order valence-electron chi connectivity index (χ1n) is 15.6. The van der Waals surface area contributed by atoms with Gasteiger partial charge in [-0.25, -0.2) is 9.97 Å². The van der Waals surface area contributed by atoms with E-state index in [1.54, 1.807) is 0 Å². The van der Waals surface area contributed by atoms with Crippen molar-refractivity contribution in [2.75, 3.05) is 0 Å². The molecular weight excluding hydrogens is 560 g/mol. The zero-order valence-electron chi connectivity index (χ0n) is 24.8. The zero-order valence-corrected chi connectivity index (χ0v) is 24.8. The summed E-state index contributed by atoms with van der Waals surface area (Å²) in [7, 11) is 0. The number of aromatic nitrogens is 4. The van der Waals surface area contributed by atoms with Crippen LogP contribution in [-0.2, 0) is 0 Å². The Morgan fingerprint density at radius 3 is 1.67 bits per heavy atom. The Labute approximate surface area is 264 Å². The van der Waals surface area contributed by atoms with E-state index < -0.39 is 0 Å². The topological polar surface area (TPSA) is 35.6 Å². The first-order chi connectivity index (χ1) is 22.8. The fourth-order valence-corrected chi connectivity index (χ4v) is 7.20. The second-order valence-corrected chi connectivity index (χ2v) is 11.9. The van der Waals surface area contributed by atoms with E-state index in [-0.39, 0.29) is 0 Å². The summed E-state index contributed by atoms with van der Waals surface area (Å²) in [6.07, 6.45) is 0. The van der Waals surface area contributed by atoms with Gasteiger partial charge in [-0.1, -0.05) is 103 Å². The van der Waals surface area contributed by atoms with Crippen molar-refractivity contribution in [2.24, 2.45) is 0 Å². The van der Waals surface area contributed by atoms with Gasteiger partial charge in [-0.05, 0) is 65.4 Å². The van der Waals surface area contributed by atoms with Gasteiger partial charge in [-0.15, -0.1) is 0 Å². The molecule has 0 saturated carbocycles. The molecule has 0 bridgehead atoms. The Balaban J connectivity index is 1.34. The molecule has 0 atom stereocenters. The van der Waals surface area contributed by atoms with Crippen LogP contribution in [0.5, 0.6) is 0 Å². The summed E-state index contributed by atoms with van der Waals surface area (Å²) in [6, 6.07) is 56.0. The smallest absolute Gasteiger partial charge is 0.165 e. The van der Waals surface area contributed by atoms with Crippen LogP contribution in [0.3, 0.4) is 0 Å². The van der Waals surface area contributed by atoms with E-state index in [1.807, 2.05) is 30.3 Å². The maximum Gasteiger partial charge on any atom is 0.165 e. The third kappa shape index (κ3) is 3.61. The fourth-order valence-electron chi connectivity index (χ4n) is 7.20. The third-order valence-electron chi connectivity index (χ3n) is 9.27. The first kappa shape index (κ1) is 25.1. The lowest BCUT2D eigenvalue weighted by Crippen LogP contribution is -2.03. The second kappa shape index (κ2) is 9.62. The maximum atomic E-state index is 5.32. The molecule has 0 radical (unpaired) electrons. The molecule has 0 aliphatic heterocycles. The largest absolute Gasteiger partial charge is 0.309 e. The average Bonchev–Trinajstić information content (AvgIpc) is 3.62. The summed E-state index contributed by atoms with van der Waals surface area (Å²) in [5.74, 6) is 0.824. The summed E-state index contributed by atoms with van der Waals surface area (Å²) < 4.78 is 4.70. The Morgan fingerprint density at radius 1 is 0.370 bits per heavy atom. The molecule has 0 aliphatic carbocycles. The number of hydrogen-bond donors (Lipinski definition) is 0. The van der Waals surface area contributed by atoms with Crippen molar-refractivity contribution in [3.63, 3.8) is 0 Å². The number of para-hydroxylation sites is 4. The van der Waals surface area contributed by atoms with Crippen LogP contribution in [-0.4, -0.2) is 19.1 Å². The van der Waals surface area contributed by atoms with Crippen LogP contribution < -0.4 is 0 Å². The summed E-state index contributed by atoms with van der Waals surface area (Å²) in [5, 5.41) is 7.27. The highest BCUT2D eigenvalue weighted by Gasteiger charge is 2.21. The van der Waals surface area contributed by atoms with Gasteiger partial charge in [0.1, 0.15) is 5.69 Å². The number of benzene rings is 7. The highest BCUT2D eigenvalue weighted by Crippen LogP contribution is 2.39. The van der Waals surface area contributed by atoms with E-state index in [0.29, 0.717) is 0 Å². The Hall–Kier alpha value is -6.26. The molecule has 0 aliphatic rings. The van der Waals surface area contributed by atoms with Crippen molar-refractivity contribution in [1.29, 1.82) is 0 Å². The van der Waals surface area contributed by atoms with E-state index in [0.717, 1.165) is 44.8 Å². The number of hydrogen-bond acceptors (Lipinski definition) is 2.